The molecule has 1 N–H and O–H groups in total. The Morgan fingerprint density at radius 2 is 1.94 bits per heavy atom. The van der Waals surface area contributed by atoms with Crippen molar-refractivity contribution in [1.29, 1.82) is 0 Å². The highest BCUT2D eigenvalue weighted by molar-refractivity contribution is 8.07. The zero-order valence-corrected chi connectivity index (χ0v) is 13.2. The smallest absolute Gasteiger partial charge is 0.0672 e. The third-order valence-electron chi connectivity index (χ3n) is 3.73. The molecule has 17 heavy (non-hydrogen) atoms. The SMILES string of the molecule is CCCCC(CC)CC(O)C1SCCSC1C. The molecule has 0 saturated carbocycles. The van der Waals surface area contributed by atoms with Crippen LogP contribution in [0.3, 0.4) is 0 Å². The van der Waals surface area contributed by atoms with E-state index in [1.54, 1.807) is 0 Å². The molecule has 102 valence electrons. The zero-order valence-electron chi connectivity index (χ0n) is 11.5. The maximum absolute atomic E-state index is 10.4. The molecule has 1 aliphatic rings. The fourth-order valence-electron chi connectivity index (χ4n) is 2.53. The van der Waals surface area contributed by atoms with Crippen LogP contribution in [0.5, 0.6) is 0 Å². The number of rotatable bonds is 7. The van der Waals surface area contributed by atoms with Crippen molar-refractivity contribution in [1.82, 2.24) is 0 Å². The molecule has 1 heterocycles. The van der Waals surface area contributed by atoms with Gasteiger partial charge in [0.1, 0.15) is 0 Å². The molecule has 0 bridgehead atoms. The number of unbranched alkanes of at least 4 members (excludes halogenated alkanes) is 1. The Balaban J connectivity index is 2.36. The van der Waals surface area contributed by atoms with Crippen LogP contribution in [0.25, 0.3) is 0 Å². The second-order valence-electron chi connectivity index (χ2n) is 5.13. The number of hydrogen-bond donors (Lipinski definition) is 1. The van der Waals surface area contributed by atoms with E-state index in [9.17, 15) is 5.11 Å². The van der Waals surface area contributed by atoms with Crippen molar-refractivity contribution in [2.45, 2.75) is 69.5 Å². The van der Waals surface area contributed by atoms with Crippen LogP contribution in [0.15, 0.2) is 0 Å². The van der Waals surface area contributed by atoms with Gasteiger partial charge in [-0.3, -0.25) is 0 Å². The van der Waals surface area contributed by atoms with Crippen LogP contribution in [0, 0.1) is 5.92 Å². The van der Waals surface area contributed by atoms with E-state index in [-0.39, 0.29) is 6.10 Å². The Bertz CT molecular complexity index is 199. The third kappa shape index (κ3) is 5.44. The molecule has 1 saturated heterocycles. The van der Waals surface area contributed by atoms with Gasteiger partial charge in [-0.05, 0) is 12.3 Å². The summed E-state index contributed by atoms with van der Waals surface area (Å²) in [6, 6.07) is 0. The molecule has 0 aromatic heterocycles. The lowest BCUT2D eigenvalue weighted by atomic mass is 9.91. The summed E-state index contributed by atoms with van der Waals surface area (Å²) in [5.41, 5.74) is 0. The van der Waals surface area contributed by atoms with Gasteiger partial charge in [-0.15, -0.1) is 0 Å². The molecular formula is C14H28OS2. The highest BCUT2D eigenvalue weighted by atomic mass is 32.2. The summed E-state index contributed by atoms with van der Waals surface area (Å²) >= 11 is 4.01. The van der Waals surface area contributed by atoms with E-state index in [2.05, 4.69) is 20.8 Å². The summed E-state index contributed by atoms with van der Waals surface area (Å²) in [5, 5.41) is 11.5. The lowest BCUT2D eigenvalue weighted by Gasteiger charge is -2.33. The molecule has 4 unspecified atom stereocenters. The van der Waals surface area contributed by atoms with Crippen LogP contribution in [0.2, 0.25) is 0 Å². The van der Waals surface area contributed by atoms with Crippen LogP contribution in [0.4, 0.5) is 0 Å². The monoisotopic (exact) mass is 276 g/mol. The fraction of sp³-hybridized carbons (Fsp3) is 1.00. The Morgan fingerprint density at radius 1 is 1.24 bits per heavy atom. The molecule has 1 nitrogen and oxygen atoms in total. The van der Waals surface area contributed by atoms with Gasteiger partial charge in [-0.25, -0.2) is 0 Å². The molecule has 1 rings (SSSR count). The second kappa shape index (κ2) is 8.71. The Kier molecular flexibility index (Phi) is 8.05. The lowest BCUT2D eigenvalue weighted by molar-refractivity contribution is 0.134. The summed E-state index contributed by atoms with van der Waals surface area (Å²) in [6.45, 7) is 6.79. The van der Waals surface area contributed by atoms with Gasteiger partial charge >= 0.3 is 0 Å². The van der Waals surface area contributed by atoms with E-state index >= 15 is 0 Å². The summed E-state index contributed by atoms with van der Waals surface area (Å²) in [7, 11) is 0. The minimum absolute atomic E-state index is 0.0930. The molecule has 1 aliphatic heterocycles. The fourth-order valence-corrected chi connectivity index (χ4v) is 5.39. The second-order valence-corrected chi connectivity index (χ2v) is 7.90. The van der Waals surface area contributed by atoms with Crippen molar-refractivity contribution in [3.8, 4) is 0 Å². The summed E-state index contributed by atoms with van der Waals surface area (Å²) in [6.07, 6.45) is 6.02. The number of hydrogen-bond acceptors (Lipinski definition) is 3. The summed E-state index contributed by atoms with van der Waals surface area (Å²) in [4.78, 5) is 0. The highest BCUT2D eigenvalue weighted by Gasteiger charge is 2.30. The van der Waals surface area contributed by atoms with E-state index in [4.69, 9.17) is 0 Å². The number of aliphatic hydroxyl groups excluding tert-OH is 1. The molecule has 3 heteroatoms. The van der Waals surface area contributed by atoms with E-state index in [1.165, 1.54) is 37.2 Å². The Morgan fingerprint density at radius 3 is 2.53 bits per heavy atom. The van der Waals surface area contributed by atoms with Crippen molar-refractivity contribution in [2.75, 3.05) is 11.5 Å². The molecule has 0 aromatic carbocycles. The van der Waals surface area contributed by atoms with Crippen molar-refractivity contribution in [3.63, 3.8) is 0 Å². The highest BCUT2D eigenvalue weighted by Crippen LogP contribution is 2.35. The lowest BCUT2D eigenvalue weighted by Crippen LogP contribution is -2.35. The van der Waals surface area contributed by atoms with Crippen LogP contribution >= 0.6 is 23.5 Å². The Labute approximate surface area is 116 Å². The third-order valence-corrected chi connectivity index (χ3v) is 6.97. The van der Waals surface area contributed by atoms with Crippen LogP contribution in [-0.2, 0) is 0 Å². The maximum atomic E-state index is 10.4. The molecule has 0 amide bonds. The average Bonchev–Trinajstić information content (AvgIpc) is 2.34. The van der Waals surface area contributed by atoms with Gasteiger partial charge < -0.3 is 5.11 Å². The Hall–Kier alpha value is 0.660. The normalized spacial score (nSPS) is 28.9. The van der Waals surface area contributed by atoms with Gasteiger partial charge in [0.25, 0.3) is 0 Å². The van der Waals surface area contributed by atoms with E-state index in [1.807, 2.05) is 23.5 Å². The van der Waals surface area contributed by atoms with Crippen molar-refractivity contribution >= 4 is 23.5 Å². The van der Waals surface area contributed by atoms with Crippen molar-refractivity contribution in [3.05, 3.63) is 0 Å². The van der Waals surface area contributed by atoms with Gasteiger partial charge in [0.05, 0.1) is 6.10 Å². The van der Waals surface area contributed by atoms with Crippen LogP contribution in [-0.4, -0.2) is 33.2 Å². The number of aliphatic hydroxyl groups is 1. The molecule has 0 aromatic rings. The van der Waals surface area contributed by atoms with Gasteiger partial charge in [0, 0.05) is 22.0 Å². The van der Waals surface area contributed by atoms with Crippen LogP contribution in [0.1, 0.15) is 52.9 Å². The standard InChI is InChI=1S/C14H28OS2/c1-4-6-7-12(5-2)10-13(15)14-11(3)16-8-9-17-14/h11-15H,4-10H2,1-3H3. The van der Waals surface area contributed by atoms with Gasteiger partial charge in [0.15, 0.2) is 0 Å². The molecule has 0 radical (unpaired) electrons. The van der Waals surface area contributed by atoms with Gasteiger partial charge in [-0.2, -0.15) is 23.5 Å². The topological polar surface area (TPSA) is 20.2 Å². The molecule has 0 spiro atoms. The first kappa shape index (κ1) is 15.7. The minimum atomic E-state index is -0.0930. The largest absolute Gasteiger partial charge is 0.392 e. The summed E-state index contributed by atoms with van der Waals surface area (Å²) < 4.78 is 0. The average molecular weight is 277 g/mol. The maximum Gasteiger partial charge on any atom is 0.0672 e. The minimum Gasteiger partial charge on any atom is -0.392 e. The predicted octanol–water partition coefficient (Wildman–Crippen LogP) is 4.19. The first-order valence-corrected chi connectivity index (χ1v) is 9.20. The van der Waals surface area contributed by atoms with E-state index in [0.29, 0.717) is 10.5 Å². The van der Waals surface area contributed by atoms with Crippen LogP contribution < -0.4 is 0 Å². The van der Waals surface area contributed by atoms with Gasteiger partial charge in [-0.1, -0.05) is 46.5 Å². The molecular weight excluding hydrogens is 248 g/mol. The van der Waals surface area contributed by atoms with Crippen molar-refractivity contribution in [2.24, 2.45) is 5.92 Å². The first-order chi connectivity index (χ1) is 8.19. The zero-order chi connectivity index (χ0) is 12.7. The van der Waals surface area contributed by atoms with Gasteiger partial charge in [0.2, 0.25) is 0 Å². The van der Waals surface area contributed by atoms with E-state index in [0.717, 1.165) is 12.3 Å². The molecule has 1 fully saturated rings. The quantitative estimate of drug-likeness (QED) is 0.753. The molecule has 0 aliphatic carbocycles. The number of thioether (sulfide) groups is 2. The first-order valence-electron chi connectivity index (χ1n) is 7.10. The van der Waals surface area contributed by atoms with Crippen molar-refractivity contribution < 1.29 is 5.11 Å². The molecule has 4 atom stereocenters. The van der Waals surface area contributed by atoms with E-state index < -0.39 is 0 Å². The predicted molar refractivity (Wildman–Crippen MR) is 82.1 cm³/mol. The summed E-state index contributed by atoms with van der Waals surface area (Å²) in [5.74, 6) is 3.19.